The third-order valence-corrected chi connectivity index (χ3v) is 2.80. The van der Waals surface area contributed by atoms with Gasteiger partial charge in [-0.3, -0.25) is 14.5 Å². The van der Waals surface area contributed by atoms with Crippen molar-refractivity contribution in [1.29, 1.82) is 0 Å². The molecule has 0 unspecified atom stereocenters. The van der Waals surface area contributed by atoms with Gasteiger partial charge in [-0.15, -0.1) is 0 Å². The van der Waals surface area contributed by atoms with Crippen LogP contribution in [0, 0.1) is 5.92 Å². The maximum atomic E-state index is 11.9. The van der Waals surface area contributed by atoms with Gasteiger partial charge in [-0.1, -0.05) is 0 Å². The van der Waals surface area contributed by atoms with E-state index in [1.54, 1.807) is 4.90 Å². The molecule has 0 bridgehead atoms. The minimum absolute atomic E-state index is 0.122. The van der Waals surface area contributed by atoms with Crippen LogP contribution in [0.3, 0.4) is 0 Å². The predicted molar refractivity (Wildman–Crippen MR) is 57.4 cm³/mol. The van der Waals surface area contributed by atoms with E-state index in [0.717, 1.165) is 0 Å². The molecule has 0 aromatic rings. The number of nitrogens with two attached hydrogens (primary N) is 1. The molecule has 2 amide bonds. The van der Waals surface area contributed by atoms with E-state index < -0.39 is 30.5 Å². The fraction of sp³-hybridized carbons (Fsp3) is 0.800. The van der Waals surface area contributed by atoms with E-state index in [9.17, 15) is 22.8 Å². The number of rotatable bonds is 4. The van der Waals surface area contributed by atoms with E-state index in [1.165, 1.54) is 0 Å². The molecule has 0 aromatic heterocycles. The van der Waals surface area contributed by atoms with Gasteiger partial charge >= 0.3 is 6.18 Å². The highest BCUT2D eigenvalue weighted by Crippen LogP contribution is 2.18. The van der Waals surface area contributed by atoms with E-state index in [2.05, 4.69) is 0 Å². The van der Waals surface area contributed by atoms with Gasteiger partial charge in [0.05, 0.1) is 6.54 Å². The third kappa shape index (κ3) is 5.35. The molecule has 1 aliphatic heterocycles. The van der Waals surface area contributed by atoms with Crippen LogP contribution in [0.15, 0.2) is 0 Å². The summed E-state index contributed by atoms with van der Waals surface area (Å²) in [6.45, 7) is -0.190. The van der Waals surface area contributed by atoms with Crippen molar-refractivity contribution in [2.45, 2.75) is 19.0 Å². The first-order valence-corrected chi connectivity index (χ1v) is 5.63. The third-order valence-electron chi connectivity index (χ3n) is 2.80. The lowest BCUT2D eigenvalue weighted by Crippen LogP contribution is -2.44. The van der Waals surface area contributed by atoms with E-state index in [4.69, 9.17) is 5.73 Å². The topological polar surface area (TPSA) is 75.4 Å². The molecule has 0 saturated carbocycles. The number of piperidine rings is 1. The fourth-order valence-corrected chi connectivity index (χ4v) is 1.91. The van der Waals surface area contributed by atoms with Gasteiger partial charge in [-0.25, -0.2) is 0 Å². The first kappa shape index (κ1) is 14.7. The molecule has 0 aromatic carbocycles. The molecule has 0 atom stereocenters. The van der Waals surface area contributed by atoms with E-state index in [1.807, 2.05) is 5.32 Å². The van der Waals surface area contributed by atoms with Gasteiger partial charge in [0.25, 0.3) is 0 Å². The maximum absolute atomic E-state index is 11.9. The van der Waals surface area contributed by atoms with Crippen LogP contribution in [0.5, 0.6) is 0 Å². The Morgan fingerprint density at radius 1 is 1.28 bits per heavy atom. The number of nitrogens with one attached hydrogen (secondary N) is 1. The van der Waals surface area contributed by atoms with Crippen molar-refractivity contribution in [3.05, 3.63) is 0 Å². The second-order valence-electron chi connectivity index (χ2n) is 4.35. The molecular formula is C10H16F3N3O2. The predicted octanol–water partition coefficient (Wildman–Crippen LogP) is -0.138. The summed E-state index contributed by atoms with van der Waals surface area (Å²) < 4.78 is 35.7. The zero-order valence-electron chi connectivity index (χ0n) is 9.79. The molecule has 0 radical (unpaired) electrons. The molecule has 0 aliphatic carbocycles. The summed E-state index contributed by atoms with van der Waals surface area (Å²) in [5, 5.41) is 1.87. The second kappa shape index (κ2) is 6.03. The van der Waals surface area contributed by atoms with E-state index in [0.29, 0.717) is 25.9 Å². The fourth-order valence-electron chi connectivity index (χ4n) is 1.91. The minimum Gasteiger partial charge on any atom is -0.369 e. The number of nitrogens with zero attached hydrogens (tertiary/aromatic N) is 1. The highest BCUT2D eigenvalue weighted by molar-refractivity contribution is 5.79. The van der Waals surface area contributed by atoms with Crippen LogP contribution in [0.2, 0.25) is 0 Å². The standard InChI is InChI=1S/C10H16F3N3O2/c11-10(12,13)6-15-9(18)7-1-3-16(4-2-7)5-8(14)17/h7H,1-6H2,(H2,14,17)(H,15,18). The second-order valence-corrected chi connectivity index (χ2v) is 4.35. The maximum Gasteiger partial charge on any atom is 0.405 e. The quantitative estimate of drug-likeness (QED) is 0.744. The summed E-state index contributed by atoms with van der Waals surface area (Å²) in [5.74, 6) is -1.45. The van der Waals surface area contributed by atoms with Crippen LogP contribution in [0.4, 0.5) is 13.2 Å². The molecule has 1 rings (SSSR count). The number of primary amides is 1. The van der Waals surface area contributed by atoms with Crippen molar-refractivity contribution < 1.29 is 22.8 Å². The molecule has 1 saturated heterocycles. The lowest BCUT2D eigenvalue weighted by Gasteiger charge is -2.30. The van der Waals surface area contributed by atoms with Crippen LogP contribution in [0.1, 0.15) is 12.8 Å². The highest BCUT2D eigenvalue weighted by Gasteiger charge is 2.31. The van der Waals surface area contributed by atoms with E-state index >= 15 is 0 Å². The van der Waals surface area contributed by atoms with Gasteiger partial charge in [0, 0.05) is 5.92 Å². The van der Waals surface area contributed by atoms with Crippen LogP contribution in [-0.2, 0) is 9.59 Å². The van der Waals surface area contributed by atoms with E-state index in [-0.39, 0.29) is 6.54 Å². The molecule has 1 fully saturated rings. The molecule has 104 valence electrons. The summed E-state index contributed by atoms with van der Waals surface area (Å²) >= 11 is 0. The van der Waals surface area contributed by atoms with Crippen LogP contribution >= 0.6 is 0 Å². The lowest BCUT2D eigenvalue weighted by atomic mass is 9.96. The van der Waals surface area contributed by atoms with Gasteiger partial charge in [-0.2, -0.15) is 13.2 Å². The molecule has 5 nitrogen and oxygen atoms in total. The zero-order chi connectivity index (χ0) is 13.8. The van der Waals surface area contributed by atoms with Gasteiger partial charge in [0.15, 0.2) is 0 Å². The smallest absolute Gasteiger partial charge is 0.369 e. The molecule has 1 aliphatic rings. The van der Waals surface area contributed by atoms with Gasteiger partial charge in [0.1, 0.15) is 6.54 Å². The Hall–Kier alpha value is -1.31. The number of carbonyl (C=O) groups is 2. The number of carbonyl (C=O) groups excluding carboxylic acids is 2. The minimum atomic E-state index is -4.39. The average Bonchev–Trinajstić information content (AvgIpc) is 2.25. The largest absolute Gasteiger partial charge is 0.405 e. The Labute approximate surface area is 102 Å². The summed E-state index contributed by atoms with van der Waals surface area (Å²) in [6, 6.07) is 0. The van der Waals surface area contributed by atoms with Crippen molar-refractivity contribution >= 4 is 11.8 Å². The normalized spacial score (nSPS) is 18.6. The van der Waals surface area contributed by atoms with Crippen LogP contribution < -0.4 is 11.1 Å². The first-order valence-electron chi connectivity index (χ1n) is 5.63. The Morgan fingerprint density at radius 3 is 2.28 bits per heavy atom. The summed E-state index contributed by atoms with van der Waals surface area (Å²) in [7, 11) is 0. The Bertz CT molecular complexity index is 312. The first-order chi connectivity index (χ1) is 8.28. The number of halogens is 3. The molecule has 8 heteroatoms. The Kier molecular flexibility index (Phi) is 4.94. The van der Waals surface area contributed by atoms with Crippen molar-refractivity contribution in [3.8, 4) is 0 Å². The molecule has 3 N–H and O–H groups in total. The molecular weight excluding hydrogens is 251 g/mol. The lowest BCUT2D eigenvalue weighted by molar-refractivity contribution is -0.141. The number of hydrogen-bond acceptors (Lipinski definition) is 3. The summed E-state index contributed by atoms with van der Waals surface area (Å²) in [6.07, 6.45) is -3.50. The van der Waals surface area contributed by atoms with Crippen molar-refractivity contribution in [3.63, 3.8) is 0 Å². The molecule has 1 heterocycles. The summed E-state index contributed by atoms with van der Waals surface area (Å²) in [5.41, 5.74) is 5.03. The number of likely N-dealkylation sites (tertiary alicyclic amines) is 1. The van der Waals surface area contributed by atoms with Gasteiger partial charge < -0.3 is 11.1 Å². The number of amides is 2. The van der Waals surface area contributed by atoms with Crippen molar-refractivity contribution in [2.75, 3.05) is 26.2 Å². The van der Waals surface area contributed by atoms with Crippen molar-refractivity contribution in [2.24, 2.45) is 11.7 Å². The summed E-state index contributed by atoms with van der Waals surface area (Å²) in [4.78, 5) is 23.9. The number of hydrogen-bond donors (Lipinski definition) is 2. The average molecular weight is 267 g/mol. The van der Waals surface area contributed by atoms with Crippen LogP contribution in [0.25, 0.3) is 0 Å². The zero-order valence-corrected chi connectivity index (χ0v) is 9.79. The van der Waals surface area contributed by atoms with Crippen LogP contribution in [-0.4, -0.2) is 49.1 Å². The SMILES string of the molecule is NC(=O)CN1CCC(C(=O)NCC(F)(F)F)CC1. The van der Waals surface area contributed by atoms with Crippen molar-refractivity contribution in [1.82, 2.24) is 10.2 Å². The Balaban J connectivity index is 2.29. The number of alkyl halides is 3. The Morgan fingerprint density at radius 2 is 1.83 bits per heavy atom. The monoisotopic (exact) mass is 267 g/mol. The highest BCUT2D eigenvalue weighted by atomic mass is 19.4. The van der Waals surface area contributed by atoms with Gasteiger partial charge in [-0.05, 0) is 25.9 Å². The molecule has 0 spiro atoms. The van der Waals surface area contributed by atoms with Gasteiger partial charge in [0.2, 0.25) is 11.8 Å². The molecule has 18 heavy (non-hydrogen) atoms.